The van der Waals surface area contributed by atoms with Gasteiger partial charge in [-0.15, -0.1) is 5.10 Å². The van der Waals surface area contributed by atoms with Crippen molar-refractivity contribution in [1.82, 2.24) is 30.1 Å². The van der Waals surface area contributed by atoms with Crippen LogP contribution in [0.15, 0.2) is 53.7 Å². The van der Waals surface area contributed by atoms with E-state index >= 15 is 0 Å². The topological polar surface area (TPSA) is 123 Å². The van der Waals surface area contributed by atoms with Crippen molar-refractivity contribution in [3.63, 3.8) is 0 Å². The number of aromatic nitrogens is 5. The summed E-state index contributed by atoms with van der Waals surface area (Å²) in [6, 6.07) is 14.2. The number of hydrogen-bond donors (Lipinski definition) is 0. The van der Waals surface area contributed by atoms with Crippen LogP contribution in [0.1, 0.15) is 0 Å². The Bertz CT molecular complexity index is 1300. The standard InChI is InChI=1S/C20H18N8O3S2/c29-18(13-32-20-22-23-24-27(20)14-4-2-1-3-5-14)25-8-10-26(11-9-25)19-21-16-7-6-15(28(30)31)12-17(16)33-19/h1-7,12H,8-11,13H2. The summed E-state index contributed by atoms with van der Waals surface area (Å²) in [6.45, 7) is 2.47. The smallest absolute Gasteiger partial charge is 0.270 e. The number of thioether (sulfide) groups is 1. The van der Waals surface area contributed by atoms with Gasteiger partial charge < -0.3 is 9.80 Å². The molecule has 1 fully saturated rings. The fraction of sp³-hybridized carbons (Fsp3) is 0.250. The molecule has 0 N–H and O–H groups in total. The highest BCUT2D eigenvalue weighted by Crippen LogP contribution is 2.32. The molecule has 1 amide bonds. The maximum Gasteiger partial charge on any atom is 0.270 e. The predicted octanol–water partition coefficient (Wildman–Crippen LogP) is 2.62. The highest BCUT2D eigenvalue weighted by atomic mass is 32.2. The second-order valence-corrected chi connectivity index (χ2v) is 9.22. The van der Waals surface area contributed by atoms with Crippen LogP contribution >= 0.6 is 23.1 Å². The van der Waals surface area contributed by atoms with Gasteiger partial charge >= 0.3 is 0 Å². The summed E-state index contributed by atoms with van der Waals surface area (Å²) in [5.41, 5.74) is 1.64. The van der Waals surface area contributed by atoms with Crippen molar-refractivity contribution >= 4 is 50.0 Å². The zero-order valence-electron chi connectivity index (χ0n) is 17.3. The molecule has 168 valence electrons. The van der Waals surface area contributed by atoms with Crippen LogP contribution in [0.2, 0.25) is 0 Å². The highest BCUT2D eigenvalue weighted by molar-refractivity contribution is 7.99. The van der Waals surface area contributed by atoms with Crippen LogP contribution in [0.3, 0.4) is 0 Å². The number of para-hydroxylation sites is 1. The average molecular weight is 483 g/mol. The first-order valence-corrected chi connectivity index (χ1v) is 11.9. The molecular formula is C20H18N8O3S2. The lowest BCUT2D eigenvalue weighted by Gasteiger charge is -2.34. The van der Waals surface area contributed by atoms with Gasteiger partial charge in [-0.05, 0) is 28.6 Å². The molecule has 13 heteroatoms. The van der Waals surface area contributed by atoms with E-state index in [1.54, 1.807) is 16.8 Å². The molecule has 0 bridgehead atoms. The van der Waals surface area contributed by atoms with Crippen molar-refractivity contribution < 1.29 is 9.72 Å². The normalized spacial score (nSPS) is 14.1. The van der Waals surface area contributed by atoms with Gasteiger partial charge in [-0.2, -0.15) is 4.68 Å². The Balaban J connectivity index is 1.18. The van der Waals surface area contributed by atoms with Gasteiger partial charge in [0.1, 0.15) is 0 Å². The van der Waals surface area contributed by atoms with E-state index in [9.17, 15) is 14.9 Å². The molecule has 0 atom stereocenters. The van der Waals surface area contributed by atoms with E-state index in [4.69, 9.17) is 0 Å². The van der Waals surface area contributed by atoms with E-state index in [1.807, 2.05) is 35.2 Å². The summed E-state index contributed by atoms with van der Waals surface area (Å²) < 4.78 is 2.40. The lowest BCUT2D eigenvalue weighted by atomic mass is 10.3. The lowest BCUT2D eigenvalue weighted by Crippen LogP contribution is -2.49. The number of thiazole rings is 1. The van der Waals surface area contributed by atoms with Gasteiger partial charge in [0.15, 0.2) is 5.13 Å². The SMILES string of the molecule is O=C(CSc1nnnn1-c1ccccc1)N1CCN(c2nc3ccc([N+](=O)[O-])cc3s2)CC1. The highest BCUT2D eigenvalue weighted by Gasteiger charge is 2.24. The number of hydrogen-bond acceptors (Lipinski definition) is 10. The third-order valence-corrected chi connectivity index (χ3v) is 7.22. The maximum absolute atomic E-state index is 12.8. The molecule has 0 aliphatic carbocycles. The number of amides is 1. The van der Waals surface area contributed by atoms with E-state index < -0.39 is 4.92 Å². The summed E-state index contributed by atoms with van der Waals surface area (Å²) in [6.07, 6.45) is 0. The number of nitro groups is 1. The van der Waals surface area contributed by atoms with Gasteiger partial charge in [0.05, 0.1) is 26.6 Å². The molecule has 1 saturated heterocycles. The third kappa shape index (κ3) is 4.50. The quantitative estimate of drug-likeness (QED) is 0.232. The van der Waals surface area contributed by atoms with Crippen LogP contribution in [-0.2, 0) is 4.79 Å². The molecule has 2 aromatic carbocycles. The Morgan fingerprint density at radius 3 is 2.67 bits per heavy atom. The number of non-ortho nitro benzene ring substituents is 1. The van der Waals surface area contributed by atoms with Crippen molar-refractivity contribution in [3.05, 3.63) is 58.6 Å². The number of carbonyl (C=O) groups is 1. The number of fused-ring (bicyclic) bond motifs is 1. The fourth-order valence-corrected chi connectivity index (χ4v) is 5.36. The summed E-state index contributed by atoms with van der Waals surface area (Å²) in [7, 11) is 0. The second kappa shape index (κ2) is 9.11. The van der Waals surface area contributed by atoms with Crippen LogP contribution in [0.5, 0.6) is 0 Å². The minimum absolute atomic E-state index is 0.0298. The van der Waals surface area contributed by atoms with E-state index in [-0.39, 0.29) is 17.3 Å². The van der Waals surface area contributed by atoms with Gasteiger partial charge in [0, 0.05) is 38.3 Å². The average Bonchev–Trinajstić information content (AvgIpc) is 3.49. The molecule has 11 nitrogen and oxygen atoms in total. The first kappa shape index (κ1) is 21.3. The first-order chi connectivity index (χ1) is 16.1. The summed E-state index contributed by atoms with van der Waals surface area (Å²) in [5, 5.41) is 24.2. The number of tetrazole rings is 1. The van der Waals surface area contributed by atoms with Crippen molar-refractivity contribution in [1.29, 1.82) is 0 Å². The van der Waals surface area contributed by atoms with Gasteiger partial charge in [-0.1, -0.05) is 41.3 Å². The molecular weight excluding hydrogens is 464 g/mol. The second-order valence-electron chi connectivity index (χ2n) is 7.27. The Morgan fingerprint density at radius 1 is 1.12 bits per heavy atom. The number of benzene rings is 2. The Labute approximate surface area is 196 Å². The van der Waals surface area contributed by atoms with E-state index in [2.05, 4.69) is 25.4 Å². The van der Waals surface area contributed by atoms with Gasteiger partial charge in [0.25, 0.3) is 5.69 Å². The number of anilines is 1. The van der Waals surface area contributed by atoms with Crippen LogP contribution in [-0.4, -0.2) is 72.9 Å². The molecule has 1 aliphatic rings. The predicted molar refractivity (Wildman–Crippen MR) is 125 cm³/mol. The molecule has 1 aliphatic heterocycles. The van der Waals surface area contributed by atoms with E-state index in [1.165, 1.54) is 29.2 Å². The van der Waals surface area contributed by atoms with Crippen molar-refractivity contribution in [2.45, 2.75) is 5.16 Å². The summed E-state index contributed by atoms with van der Waals surface area (Å²) in [5.74, 6) is 0.278. The molecule has 0 unspecified atom stereocenters. The number of nitrogens with zero attached hydrogens (tertiary/aromatic N) is 8. The largest absolute Gasteiger partial charge is 0.345 e. The summed E-state index contributed by atoms with van der Waals surface area (Å²) >= 11 is 2.74. The van der Waals surface area contributed by atoms with Crippen LogP contribution in [0.25, 0.3) is 15.9 Å². The van der Waals surface area contributed by atoms with Gasteiger partial charge in [-0.25, -0.2) is 4.98 Å². The lowest BCUT2D eigenvalue weighted by molar-refractivity contribution is -0.384. The van der Waals surface area contributed by atoms with E-state index in [0.29, 0.717) is 31.3 Å². The summed E-state index contributed by atoms with van der Waals surface area (Å²) in [4.78, 5) is 31.9. The van der Waals surface area contributed by atoms with Gasteiger partial charge in [-0.3, -0.25) is 14.9 Å². The third-order valence-electron chi connectivity index (χ3n) is 5.24. The monoisotopic (exact) mass is 482 g/mol. The number of carbonyl (C=O) groups excluding carboxylic acids is 1. The van der Waals surface area contributed by atoms with Gasteiger partial charge in [0.2, 0.25) is 11.1 Å². The minimum atomic E-state index is -0.403. The van der Waals surface area contributed by atoms with Crippen molar-refractivity contribution in [2.24, 2.45) is 0 Å². The molecule has 33 heavy (non-hydrogen) atoms. The van der Waals surface area contributed by atoms with Crippen molar-refractivity contribution in [2.75, 3.05) is 36.8 Å². The Kier molecular flexibility index (Phi) is 5.88. The molecule has 3 heterocycles. The molecule has 0 saturated carbocycles. The Hall–Kier alpha value is -3.58. The Morgan fingerprint density at radius 2 is 1.91 bits per heavy atom. The molecule has 4 aromatic rings. The molecule has 5 rings (SSSR count). The first-order valence-electron chi connectivity index (χ1n) is 10.1. The molecule has 0 spiro atoms. The number of rotatable bonds is 6. The fourth-order valence-electron chi connectivity index (χ4n) is 3.51. The van der Waals surface area contributed by atoms with Crippen LogP contribution in [0, 0.1) is 10.1 Å². The minimum Gasteiger partial charge on any atom is -0.345 e. The number of piperazine rings is 1. The maximum atomic E-state index is 12.8. The van der Waals surface area contributed by atoms with Crippen molar-refractivity contribution in [3.8, 4) is 5.69 Å². The molecule has 2 aromatic heterocycles. The zero-order chi connectivity index (χ0) is 22.8. The number of nitro benzene ring substituents is 1. The zero-order valence-corrected chi connectivity index (χ0v) is 18.9. The molecule has 0 radical (unpaired) electrons. The van der Waals surface area contributed by atoms with Crippen LogP contribution < -0.4 is 4.90 Å². The van der Waals surface area contributed by atoms with Crippen LogP contribution in [0.4, 0.5) is 10.8 Å². The van der Waals surface area contributed by atoms with E-state index in [0.717, 1.165) is 21.0 Å².